The first-order valence-corrected chi connectivity index (χ1v) is 6.65. The molecule has 0 aliphatic carbocycles. The Balaban J connectivity index is 2.09. The van der Waals surface area contributed by atoms with Crippen LogP contribution >= 0.6 is 0 Å². The Morgan fingerprint density at radius 1 is 1.10 bits per heavy atom. The Hall–Kier alpha value is -2.59. The number of fused-ring (bicyclic) bond motifs is 1. The molecule has 1 aromatic heterocycles. The highest BCUT2D eigenvalue weighted by Crippen LogP contribution is 2.30. The van der Waals surface area contributed by atoms with Crippen LogP contribution in [-0.2, 0) is 0 Å². The number of pyridine rings is 1. The highest BCUT2D eigenvalue weighted by Gasteiger charge is 2.14. The van der Waals surface area contributed by atoms with E-state index in [0.29, 0.717) is 5.69 Å². The molecule has 4 nitrogen and oxygen atoms in total. The standard InChI is InChI=1S/C17H16N2O2/c1-21-13-6-7-14-15(8-9-19-16(14)10-13)17(20)11-2-4-12(18)5-3-11/h2-10,17,20H,18H2,1H3/t17-/m1/s1. The molecule has 0 aliphatic rings. The Labute approximate surface area is 122 Å². The molecular formula is C17H16N2O2. The van der Waals surface area contributed by atoms with Crippen LogP contribution in [-0.4, -0.2) is 17.2 Å². The summed E-state index contributed by atoms with van der Waals surface area (Å²) < 4.78 is 5.20. The van der Waals surface area contributed by atoms with Crippen molar-refractivity contribution in [3.63, 3.8) is 0 Å². The average Bonchev–Trinajstić information content (AvgIpc) is 2.53. The van der Waals surface area contributed by atoms with Crippen molar-refractivity contribution in [3.8, 4) is 5.75 Å². The number of nitrogens with zero attached hydrogens (tertiary/aromatic N) is 1. The number of nitrogen functional groups attached to an aromatic ring is 1. The zero-order valence-corrected chi connectivity index (χ0v) is 11.7. The Morgan fingerprint density at radius 3 is 2.57 bits per heavy atom. The summed E-state index contributed by atoms with van der Waals surface area (Å²) in [5, 5.41) is 11.5. The molecule has 3 N–H and O–H groups in total. The van der Waals surface area contributed by atoms with Gasteiger partial charge in [-0.05, 0) is 41.5 Å². The van der Waals surface area contributed by atoms with Crippen molar-refractivity contribution in [2.24, 2.45) is 0 Å². The monoisotopic (exact) mass is 280 g/mol. The summed E-state index contributed by atoms with van der Waals surface area (Å²) in [6.45, 7) is 0. The molecule has 106 valence electrons. The van der Waals surface area contributed by atoms with Crippen LogP contribution in [0.2, 0.25) is 0 Å². The molecular weight excluding hydrogens is 264 g/mol. The maximum Gasteiger partial charge on any atom is 0.121 e. The molecule has 0 saturated carbocycles. The number of aromatic nitrogens is 1. The maximum absolute atomic E-state index is 10.6. The zero-order valence-electron chi connectivity index (χ0n) is 11.7. The van der Waals surface area contributed by atoms with Crippen molar-refractivity contribution in [2.75, 3.05) is 12.8 Å². The van der Waals surface area contributed by atoms with Gasteiger partial charge in [-0.2, -0.15) is 0 Å². The molecule has 0 bridgehead atoms. The summed E-state index contributed by atoms with van der Waals surface area (Å²) in [6.07, 6.45) is 0.974. The number of aliphatic hydroxyl groups excluding tert-OH is 1. The largest absolute Gasteiger partial charge is 0.497 e. The van der Waals surface area contributed by atoms with Crippen molar-refractivity contribution < 1.29 is 9.84 Å². The number of hydrogen-bond donors (Lipinski definition) is 2. The third-order valence-electron chi connectivity index (χ3n) is 3.53. The van der Waals surface area contributed by atoms with Gasteiger partial charge in [0.05, 0.1) is 12.6 Å². The van der Waals surface area contributed by atoms with Crippen LogP contribution in [0.5, 0.6) is 5.75 Å². The molecule has 3 rings (SSSR count). The van der Waals surface area contributed by atoms with Gasteiger partial charge in [0.2, 0.25) is 0 Å². The topological polar surface area (TPSA) is 68.4 Å². The molecule has 0 saturated heterocycles. The van der Waals surface area contributed by atoms with Crippen molar-refractivity contribution >= 4 is 16.6 Å². The van der Waals surface area contributed by atoms with E-state index in [2.05, 4.69) is 4.98 Å². The highest BCUT2D eigenvalue weighted by molar-refractivity contribution is 5.84. The van der Waals surface area contributed by atoms with E-state index in [1.807, 2.05) is 36.4 Å². The minimum Gasteiger partial charge on any atom is -0.497 e. The highest BCUT2D eigenvalue weighted by atomic mass is 16.5. The summed E-state index contributed by atoms with van der Waals surface area (Å²) in [7, 11) is 1.62. The minimum atomic E-state index is -0.718. The second-order valence-electron chi connectivity index (χ2n) is 4.85. The molecule has 0 radical (unpaired) electrons. The molecule has 0 fully saturated rings. The lowest BCUT2D eigenvalue weighted by atomic mass is 9.98. The van der Waals surface area contributed by atoms with Crippen LogP contribution < -0.4 is 10.5 Å². The Kier molecular flexibility index (Phi) is 3.46. The van der Waals surface area contributed by atoms with E-state index in [1.54, 1.807) is 25.4 Å². The fraction of sp³-hybridized carbons (Fsp3) is 0.118. The normalized spacial score (nSPS) is 12.3. The molecule has 0 amide bonds. The fourth-order valence-corrected chi connectivity index (χ4v) is 2.37. The predicted molar refractivity (Wildman–Crippen MR) is 83.2 cm³/mol. The summed E-state index contributed by atoms with van der Waals surface area (Å²) in [4.78, 5) is 4.33. The van der Waals surface area contributed by atoms with Crippen molar-refractivity contribution in [3.05, 3.63) is 65.9 Å². The first-order valence-electron chi connectivity index (χ1n) is 6.65. The number of methoxy groups -OCH3 is 1. The molecule has 0 unspecified atom stereocenters. The second-order valence-corrected chi connectivity index (χ2v) is 4.85. The van der Waals surface area contributed by atoms with E-state index < -0.39 is 6.10 Å². The van der Waals surface area contributed by atoms with Gasteiger partial charge in [-0.25, -0.2) is 0 Å². The number of benzene rings is 2. The summed E-state index contributed by atoms with van der Waals surface area (Å²) in [5.74, 6) is 0.745. The van der Waals surface area contributed by atoms with Crippen LogP contribution in [0.15, 0.2) is 54.7 Å². The Bertz CT molecular complexity index is 769. The molecule has 0 spiro atoms. The quantitative estimate of drug-likeness (QED) is 0.724. The second kappa shape index (κ2) is 5.42. The first kappa shape index (κ1) is 13.4. The number of ether oxygens (including phenoxy) is 1. The smallest absolute Gasteiger partial charge is 0.121 e. The number of rotatable bonds is 3. The van der Waals surface area contributed by atoms with Gasteiger partial charge in [-0.3, -0.25) is 4.98 Å². The lowest BCUT2D eigenvalue weighted by Gasteiger charge is -2.14. The summed E-state index contributed by atoms with van der Waals surface area (Å²) in [5.41, 5.74) is 8.76. The third-order valence-corrected chi connectivity index (χ3v) is 3.53. The molecule has 0 aliphatic heterocycles. The van der Waals surface area contributed by atoms with E-state index in [-0.39, 0.29) is 0 Å². The number of anilines is 1. The van der Waals surface area contributed by atoms with Gasteiger partial charge >= 0.3 is 0 Å². The van der Waals surface area contributed by atoms with Crippen LogP contribution in [0.25, 0.3) is 10.9 Å². The van der Waals surface area contributed by atoms with Gasteiger partial charge in [-0.15, -0.1) is 0 Å². The molecule has 21 heavy (non-hydrogen) atoms. The first-order chi connectivity index (χ1) is 10.2. The third kappa shape index (κ3) is 2.53. The molecule has 3 aromatic rings. The predicted octanol–water partition coefficient (Wildman–Crippen LogP) is 2.91. The van der Waals surface area contributed by atoms with Crippen LogP contribution in [0.3, 0.4) is 0 Å². The van der Waals surface area contributed by atoms with Crippen LogP contribution in [0, 0.1) is 0 Å². The minimum absolute atomic E-state index is 0.676. The SMILES string of the molecule is COc1ccc2c([C@H](O)c3ccc(N)cc3)ccnc2c1. The fourth-order valence-electron chi connectivity index (χ4n) is 2.37. The van der Waals surface area contributed by atoms with E-state index >= 15 is 0 Å². The van der Waals surface area contributed by atoms with Gasteiger partial charge in [0.25, 0.3) is 0 Å². The lowest BCUT2D eigenvalue weighted by Crippen LogP contribution is -2.01. The van der Waals surface area contributed by atoms with E-state index in [1.165, 1.54) is 0 Å². The zero-order chi connectivity index (χ0) is 14.8. The summed E-state index contributed by atoms with van der Waals surface area (Å²) in [6, 6.07) is 14.7. The van der Waals surface area contributed by atoms with Crippen LogP contribution in [0.4, 0.5) is 5.69 Å². The maximum atomic E-state index is 10.6. The molecule has 1 atom stereocenters. The van der Waals surface area contributed by atoms with Gasteiger partial charge < -0.3 is 15.6 Å². The lowest BCUT2D eigenvalue weighted by molar-refractivity contribution is 0.222. The van der Waals surface area contributed by atoms with Gasteiger partial charge in [0.15, 0.2) is 0 Å². The van der Waals surface area contributed by atoms with Crippen molar-refractivity contribution in [1.82, 2.24) is 4.98 Å². The number of aliphatic hydroxyl groups is 1. The Morgan fingerprint density at radius 2 is 1.86 bits per heavy atom. The summed E-state index contributed by atoms with van der Waals surface area (Å²) >= 11 is 0. The number of nitrogens with two attached hydrogens (primary N) is 1. The van der Waals surface area contributed by atoms with Crippen molar-refractivity contribution in [1.29, 1.82) is 0 Å². The molecule has 1 heterocycles. The number of hydrogen-bond acceptors (Lipinski definition) is 4. The van der Waals surface area contributed by atoms with Gasteiger partial charge in [0.1, 0.15) is 11.9 Å². The molecule has 2 aromatic carbocycles. The molecule has 4 heteroatoms. The van der Waals surface area contributed by atoms with E-state index in [4.69, 9.17) is 10.5 Å². The average molecular weight is 280 g/mol. The van der Waals surface area contributed by atoms with Crippen molar-refractivity contribution in [2.45, 2.75) is 6.10 Å². The van der Waals surface area contributed by atoms with Gasteiger partial charge in [0, 0.05) is 23.3 Å². The van der Waals surface area contributed by atoms with Crippen LogP contribution in [0.1, 0.15) is 17.2 Å². The van der Waals surface area contributed by atoms with E-state index in [0.717, 1.165) is 27.8 Å². The van der Waals surface area contributed by atoms with E-state index in [9.17, 15) is 5.11 Å². The van der Waals surface area contributed by atoms with Gasteiger partial charge in [-0.1, -0.05) is 12.1 Å².